The van der Waals surface area contributed by atoms with Crippen LogP contribution in [0.1, 0.15) is 15.9 Å². The van der Waals surface area contributed by atoms with Crippen molar-refractivity contribution in [2.75, 3.05) is 7.05 Å². The monoisotopic (exact) mass is 363 g/mol. The molecule has 6 heteroatoms. The molecule has 3 aromatic rings. The van der Waals surface area contributed by atoms with E-state index >= 15 is 0 Å². The summed E-state index contributed by atoms with van der Waals surface area (Å²) in [5, 5.41) is 14.9. The van der Waals surface area contributed by atoms with E-state index in [1.54, 1.807) is 35.6 Å². The molecule has 1 N–H and O–H groups in total. The predicted molar refractivity (Wildman–Crippen MR) is 102 cm³/mol. The average Bonchev–Trinajstić information content (AvgIpc) is 3.10. The molecule has 0 aliphatic rings. The molecule has 3 rings (SSSR count). The van der Waals surface area contributed by atoms with Crippen LogP contribution in [0.15, 0.2) is 60.0 Å². The van der Waals surface area contributed by atoms with Crippen molar-refractivity contribution in [1.82, 2.24) is 10.2 Å². The molecule has 1 aromatic heterocycles. The lowest BCUT2D eigenvalue weighted by atomic mass is 10.0. The fourth-order valence-electron chi connectivity index (χ4n) is 2.72. The molecule has 0 saturated carbocycles. The van der Waals surface area contributed by atoms with E-state index in [-0.39, 0.29) is 5.91 Å². The first kappa shape index (κ1) is 17.6. The molecule has 1 unspecified atom stereocenters. The Kier molecular flexibility index (Phi) is 5.30. The van der Waals surface area contributed by atoms with Gasteiger partial charge in [-0.25, -0.2) is 0 Å². The largest absolute Gasteiger partial charge is 0.340 e. The first-order chi connectivity index (χ1) is 12.6. The van der Waals surface area contributed by atoms with Crippen LogP contribution in [-0.2, 0) is 11.2 Å². The number of nitrogens with one attached hydrogen (secondary N) is 1. The van der Waals surface area contributed by atoms with Crippen molar-refractivity contribution in [2.24, 2.45) is 0 Å². The number of rotatable bonds is 5. The molecule has 0 fully saturated rings. The highest BCUT2D eigenvalue weighted by molar-refractivity contribution is 7.17. The number of thiophene rings is 1. The lowest BCUT2D eigenvalue weighted by Crippen LogP contribution is -2.47. The smallest absolute Gasteiger partial charge is 0.258 e. The minimum absolute atomic E-state index is 0.327. The van der Waals surface area contributed by atoms with E-state index < -0.39 is 11.9 Å². The summed E-state index contributed by atoms with van der Waals surface area (Å²) in [4.78, 5) is 26.0. The topological polar surface area (TPSA) is 73.2 Å². The van der Waals surface area contributed by atoms with Gasteiger partial charge in [-0.2, -0.15) is 5.26 Å². The second kappa shape index (κ2) is 7.81. The Bertz CT molecular complexity index is 975. The summed E-state index contributed by atoms with van der Waals surface area (Å²) >= 11 is 1.59. The minimum atomic E-state index is -0.814. The zero-order valence-corrected chi connectivity index (χ0v) is 15.0. The third-order valence-corrected chi connectivity index (χ3v) is 5.12. The van der Waals surface area contributed by atoms with E-state index in [1.807, 2.05) is 41.9 Å². The van der Waals surface area contributed by atoms with Crippen LogP contribution in [0, 0.1) is 11.5 Å². The molecule has 0 aliphatic heterocycles. The second-order valence-electron chi connectivity index (χ2n) is 5.85. The molecule has 5 nitrogen and oxygen atoms in total. The maximum absolute atomic E-state index is 12.6. The van der Waals surface area contributed by atoms with Gasteiger partial charge in [0.15, 0.2) is 6.19 Å². The van der Waals surface area contributed by atoms with Gasteiger partial charge in [0.2, 0.25) is 0 Å². The third kappa shape index (κ3) is 3.73. The van der Waals surface area contributed by atoms with E-state index in [1.165, 1.54) is 7.05 Å². The van der Waals surface area contributed by atoms with Crippen molar-refractivity contribution in [2.45, 2.75) is 12.5 Å². The summed E-state index contributed by atoms with van der Waals surface area (Å²) in [6.07, 6.45) is 2.14. The van der Waals surface area contributed by atoms with Crippen molar-refractivity contribution in [3.8, 4) is 6.19 Å². The number of hydrogen-bond acceptors (Lipinski definition) is 4. The molecule has 0 bridgehead atoms. The van der Waals surface area contributed by atoms with Crippen LogP contribution < -0.4 is 5.32 Å². The Morgan fingerprint density at radius 1 is 1.15 bits per heavy atom. The first-order valence-corrected chi connectivity index (χ1v) is 8.96. The summed E-state index contributed by atoms with van der Waals surface area (Å²) in [6, 6.07) is 15.8. The zero-order chi connectivity index (χ0) is 18.5. The average molecular weight is 363 g/mol. The van der Waals surface area contributed by atoms with Crippen molar-refractivity contribution in [3.63, 3.8) is 0 Å². The second-order valence-corrected chi connectivity index (χ2v) is 6.76. The molecule has 1 atom stereocenters. The first-order valence-electron chi connectivity index (χ1n) is 8.08. The predicted octanol–water partition coefficient (Wildman–Crippen LogP) is 3.18. The SMILES string of the molecule is CN(C#N)C(=O)C(Cc1csc2ccccc12)NC(=O)c1ccccc1. The molecule has 0 aliphatic carbocycles. The molecule has 0 radical (unpaired) electrons. The van der Waals surface area contributed by atoms with Gasteiger partial charge in [0.25, 0.3) is 11.8 Å². The summed E-state index contributed by atoms with van der Waals surface area (Å²) in [5.41, 5.74) is 1.45. The maximum atomic E-state index is 12.6. The highest BCUT2D eigenvalue weighted by Crippen LogP contribution is 2.26. The molecule has 2 amide bonds. The molecule has 1 heterocycles. The Morgan fingerprint density at radius 2 is 1.85 bits per heavy atom. The Morgan fingerprint density at radius 3 is 2.58 bits per heavy atom. The number of carbonyl (C=O) groups is 2. The van der Waals surface area contributed by atoms with Crippen LogP contribution in [0.2, 0.25) is 0 Å². The molecule has 0 saturated heterocycles. The number of carbonyl (C=O) groups excluding carboxylic acids is 2. The fourth-order valence-corrected chi connectivity index (χ4v) is 3.70. The summed E-state index contributed by atoms with van der Waals surface area (Å²) in [5.74, 6) is -0.776. The highest BCUT2D eigenvalue weighted by atomic mass is 32.1. The van der Waals surface area contributed by atoms with E-state index in [0.29, 0.717) is 12.0 Å². The number of nitriles is 1. The quantitative estimate of drug-likeness (QED) is 0.559. The van der Waals surface area contributed by atoms with Gasteiger partial charge in [-0.3, -0.25) is 14.5 Å². The minimum Gasteiger partial charge on any atom is -0.340 e. The Balaban J connectivity index is 1.87. The van der Waals surface area contributed by atoms with Gasteiger partial charge in [0.1, 0.15) is 6.04 Å². The number of amides is 2. The van der Waals surface area contributed by atoms with Gasteiger partial charge in [-0.05, 0) is 34.5 Å². The van der Waals surface area contributed by atoms with Gasteiger partial charge < -0.3 is 5.32 Å². The van der Waals surface area contributed by atoms with Gasteiger partial charge in [0, 0.05) is 23.7 Å². The van der Waals surface area contributed by atoms with E-state index in [0.717, 1.165) is 20.5 Å². The number of benzene rings is 2. The van der Waals surface area contributed by atoms with Gasteiger partial charge >= 0.3 is 0 Å². The highest BCUT2D eigenvalue weighted by Gasteiger charge is 2.26. The van der Waals surface area contributed by atoms with E-state index in [4.69, 9.17) is 5.26 Å². The van der Waals surface area contributed by atoms with Crippen molar-refractivity contribution < 1.29 is 9.59 Å². The van der Waals surface area contributed by atoms with Gasteiger partial charge in [-0.1, -0.05) is 36.4 Å². The fraction of sp³-hybridized carbons (Fsp3) is 0.150. The summed E-state index contributed by atoms with van der Waals surface area (Å²) < 4.78 is 1.12. The lowest BCUT2D eigenvalue weighted by molar-refractivity contribution is -0.129. The standard InChI is InChI=1S/C20H17N3O2S/c1-23(13-21)20(25)17(22-19(24)14-7-3-2-4-8-14)11-15-12-26-18-10-6-5-9-16(15)18/h2-10,12,17H,11H2,1H3,(H,22,24). The van der Waals surface area contributed by atoms with Crippen LogP contribution in [0.3, 0.4) is 0 Å². The molecule has 0 spiro atoms. The normalized spacial score (nSPS) is 11.5. The number of hydrogen-bond donors (Lipinski definition) is 1. The van der Waals surface area contributed by atoms with Crippen LogP contribution in [0.5, 0.6) is 0 Å². The van der Waals surface area contributed by atoms with Crippen molar-refractivity contribution in [1.29, 1.82) is 5.26 Å². The van der Waals surface area contributed by atoms with E-state index in [2.05, 4.69) is 5.32 Å². The van der Waals surface area contributed by atoms with Crippen LogP contribution >= 0.6 is 11.3 Å². The van der Waals surface area contributed by atoms with Gasteiger partial charge in [0.05, 0.1) is 0 Å². The zero-order valence-electron chi connectivity index (χ0n) is 14.2. The maximum Gasteiger partial charge on any atom is 0.258 e. The summed E-state index contributed by atoms with van der Waals surface area (Å²) in [7, 11) is 1.40. The van der Waals surface area contributed by atoms with Gasteiger partial charge in [-0.15, -0.1) is 11.3 Å². The third-order valence-electron chi connectivity index (χ3n) is 4.11. The van der Waals surface area contributed by atoms with Crippen LogP contribution in [-0.4, -0.2) is 29.8 Å². The van der Waals surface area contributed by atoms with Crippen LogP contribution in [0.4, 0.5) is 0 Å². The van der Waals surface area contributed by atoms with Crippen molar-refractivity contribution >= 4 is 33.2 Å². The van der Waals surface area contributed by atoms with E-state index in [9.17, 15) is 9.59 Å². The number of likely N-dealkylation sites (N-methyl/N-ethyl adjacent to an activating group) is 1. The molecule has 26 heavy (non-hydrogen) atoms. The Hall–Kier alpha value is -3.17. The summed E-state index contributed by atoms with van der Waals surface area (Å²) in [6.45, 7) is 0. The molecular weight excluding hydrogens is 346 g/mol. The Labute approximate surface area is 155 Å². The molecule has 130 valence electrons. The van der Waals surface area contributed by atoms with Crippen molar-refractivity contribution in [3.05, 3.63) is 71.1 Å². The lowest BCUT2D eigenvalue weighted by Gasteiger charge is -2.20. The molecule has 2 aromatic carbocycles. The number of nitrogens with zero attached hydrogens (tertiary/aromatic N) is 2. The number of fused-ring (bicyclic) bond motifs is 1. The van der Waals surface area contributed by atoms with Crippen LogP contribution in [0.25, 0.3) is 10.1 Å². The molecular formula is C20H17N3O2S.